The number of hydrogen-bond donors (Lipinski definition) is 6. The first-order valence-electron chi connectivity index (χ1n) is 27.2. The Balaban J connectivity index is 1.01. The van der Waals surface area contributed by atoms with Crippen LogP contribution < -0.4 is 27.0 Å². The molecule has 1 aromatic heterocycles. The van der Waals surface area contributed by atoms with Crippen LogP contribution >= 0.6 is 0 Å². The van der Waals surface area contributed by atoms with Gasteiger partial charge in [-0.05, 0) is 90.3 Å². The third-order valence-corrected chi connectivity index (χ3v) is 14.2. The molecule has 0 bridgehead atoms. The number of imide groups is 1. The van der Waals surface area contributed by atoms with E-state index in [1.807, 2.05) is 0 Å². The summed E-state index contributed by atoms with van der Waals surface area (Å²) in [4.78, 5) is 114. The van der Waals surface area contributed by atoms with E-state index in [1.54, 1.807) is 87.7 Å². The number of imidazole rings is 1. The summed E-state index contributed by atoms with van der Waals surface area (Å²) in [6.07, 6.45) is -0.441. The average Bonchev–Trinajstić information content (AvgIpc) is 2.39. The summed E-state index contributed by atoms with van der Waals surface area (Å²) in [5.41, 5.74) is 5.63. The maximum absolute atomic E-state index is 16.2. The molecule has 20 nitrogen and oxygen atoms in total. The fourth-order valence-corrected chi connectivity index (χ4v) is 10.1. The first-order valence-corrected chi connectivity index (χ1v) is 27.2. The molecule has 0 radical (unpaired) electrons. The molecule has 9 amide bonds. The first kappa shape index (κ1) is 62.7. The van der Waals surface area contributed by atoms with Gasteiger partial charge in [-0.2, -0.15) is 0 Å². The van der Waals surface area contributed by atoms with E-state index in [1.165, 1.54) is 48.4 Å². The third-order valence-electron chi connectivity index (χ3n) is 14.2. The number of primary amides is 1. The second-order valence-corrected chi connectivity index (χ2v) is 22.1. The second kappa shape index (κ2) is 27.4. The highest BCUT2D eigenvalue weighted by atomic mass is 19.1. The van der Waals surface area contributed by atoms with Crippen LogP contribution in [0.3, 0.4) is 0 Å². The summed E-state index contributed by atoms with van der Waals surface area (Å²) in [6.45, 7) is 8.69. The summed E-state index contributed by atoms with van der Waals surface area (Å²) in [5.74, 6) is -7.97. The Morgan fingerprint density at radius 3 is 2.13 bits per heavy atom. The molecule has 1 fully saturated rings. The molecule has 7 atom stereocenters. The molecule has 24 heteroatoms. The van der Waals surface area contributed by atoms with E-state index in [0.29, 0.717) is 16.7 Å². The standard InChI is InChI=1S/C60H68F4N10O10/c1-34(2)50(70-56(80)51(38-13-8-7-9-14-38)74-48(76)23-24-49(74)77)55(79)69-46(16-11-25-66-58(65)82)54(78)67-42-20-17-36(18-21-42)33-84-59(83)72-29-39(45(64)31-72)30-73(57(81)35(3)75)52(60(4,5)6)53-68-47(43-27-41(62)19-22-44(43)63)32-71(53)28-37-12-10-15-40(61)26-37/h7-10,12-15,17-24,26-27,32,34-35,39,45-46,50-52,75H,11,16,25,28-31,33H2,1-6H3,(H,67,78)(H,69,79)(H,70,80)(H3,65,66,82)/t35-,39-,45-,46-,50-,51-,52-/m0/s1. The van der Waals surface area contributed by atoms with Gasteiger partial charge in [0.15, 0.2) is 0 Å². The number of ether oxygens (including phenoxy) is 1. The van der Waals surface area contributed by atoms with Gasteiger partial charge >= 0.3 is 12.1 Å². The Labute approximate surface area is 482 Å². The van der Waals surface area contributed by atoms with Crippen LogP contribution in [0.4, 0.5) is 32.8 Å². The molecule has 0 unspecified atom stereocenters. The third kappa shape index (κ3) is 15.8. The number of amides is 9. The van der Waals surface area contributed by atoms with Gasteiger partial charge in [-0.1, -0.05) is 89.2 Å². The Morgan fingerprint density at radius 2 is 1.50 bits per heavy atom. The van der Waals surface area contributed by atoms with Gasteiger partial charge in [0.1, 0.15) is 60.3 Å². The number of rotatable bonds is 23. The van der Waals surface area contributed by atoms with Crippen molar-refractivity contribution in [2.24, 2.45) is 23.0 Å². The minimum absolute atomic E-state index is 0.000452. The number of carbonyl (C=O) groups excluding carboxylic acids is 8. The summed E-state index contributed by atoms with van der Waals surface area (Å²) >= 11 is 0. The minimum atomic E-state index is -1.68. The van der Waals surface area contributed by atoms with Crippen molar-refractivity contribution in [2.75, 3.05) is 31.5 Å². The molecular weight excluding hydrogens is 1100 g/mol. The number of aliphatic hydroxyl groups is 1. The van der Waals surface area contributed by atoms with Crippen molar-refractivity contribution in [3.8, 4) is 11.3 Å². The summed E-state index contributed by atoms with van der Waals surface area (Å²) in [7, 11) is 0. The van der Waals surface area contributed by atoms with Crippen LogP contribution in [-0.4, -0.2) is 127 Å². The molecule has 446 valence electrons. The predicted molar refractivity (Wildman–Crippen MR) is 300 cm³/mol. The molecule has 3 heterocycles. The van der Waals surface area contributed by atoms with Gasteiger partial charge in [-0.3, -0.25) is 33.7 Å². The number of benzene rings is 4. The Bertz CT molecular complexity index is 3240. The van der Waals surface area contributed by atoms with Crippen molar-refractivity contribution in [3.05, 3.63) is 155 Å². The van der Waals surface area contributed by atoms with Gasteiger partial charge in [0, 0.05) is 61.7 Å². The largest absolute Gasteiger partial charge is 0.445 e. The zero-order chi connectivity index (χ0) is 61.2. The number of hydrogen-bond acceptors (Lipinski definition) is 11. The molecule has 2 aliphatic rings. The number of anilines is 1. The van der Waals surface area contributed by atoms with Crippen LogP contribution in [0.25, 0.3) is 11.3 Å². The zero-order valence-corrected chi connectivity index (χ0v) is 47.2. The van der Waals surface area contributed by atoms with Gasteiger partial charge < -0.3 is 51.2 Å². The number of nitrogens with zero attached hydrogens (tertiary/aromatic N) is 5. The van der Waals surface area contributed by atoms with Crippen LogP contribution in [0.15, 0.2) is 115 Å². The molecule has 7 N–H and O–H groups in total. The molecule has 4 aromatic carbocycles. The second-order valence-electron chi connectivity index (χ2n) is 22.1. The number of aliphatic hydroxyl groups excluding tert-OH is 1. The highest BCUT2D eigenvalue weighted by Crippen LogP contribution is 2.41. The number of halogens is 4. The van der Waals surface area contributed by atoms with E-state index in [-0.39, 0.29) is 68.4 Å². The molecule has 7 rings (SSSR count). The molecule has 5 aromatic rings. The lowest BCUT2D eigenvalue weighted by atomic mass is 9.84. The summed E-state index contributed by atoms with van der Waals surface area (Å²) in [6, 6.07) is 17.0. The fourth-order valence-electron chi connectivity index (χ4n) is 10.1. The molecule has 0 spiro atoms. The Hall–Kier alpha value is -8.93. The van der Waals surface area contributed by atoms with Gasteiger partial charge in [0.25, 0.3) is 17.7 Å². The first-order chi connectivity index (χ1) is 39.8. The Morgan fingerprint density at radius 1 is 0.821 bits per heavy atom. The van der Waals surface area contributed by atoms with Crippen LogP contribution in [0.2, 0.25) is 0 Å². The van der Waals surface area contributed by atoms with Crippen molar-refractivity contribution in [1.82, 2.24) is 40.2 Å². The van der Waals surface area contributed by atoms with E-state index in [2.05, 4.69) is 21.3 Å². The lowest BCUT2D eigenvalue weighted by molar-refractivity contribution is -0.146. The maximum Gasteiger partial charge on any atom is 0.410 e. The monoisotopic (exact) mass is 1160 g/mol. The topological polar surface area (TPSA) is 268 Å². The van der Waals surface area contributed by atoms with E-state index < -0.39 is 125 Å². The number of urea groups is 1. The maximum atomic E-state index is 16.2. The van der Waals surface area contributed by atoms with Gasteiger partial charge in [0.05, 0.1) is 18.3 Å². The SMILES string of the molecule is CC(C)[C@H](NC(=O)[C@H](c1ccccc1)N1C(=O)C=CC1=O)C(=O)N[C@@H](CCCNC(N)=O)C(=O)Nc1ccc(COC(=O)N2C[C@@H](CN(C(=O)[C@H](C)O)[C@@H](c3nc(-c4cc(F)ccc4F)cn3Cc3cccc(F)c3)C(C)(C)C)[C@@H](F)C2)cc1. The predicted octanol–water partition coefficient (Wildman–Crippen LogP) is 6.60. The fraction of sp³-hybridized carbons (Fsp3) is 0.383. The number of aromatic nitrogens is 2. The van der Waals surface area contributed by atoms with E-state index >= 15 is 8.78 Å². The van der Waals surface area contributed by atoms with E-state index in [0.717, 1.165) is 40.2 Å². The summed E-state index contributed by atoms with van der Waals surface area (Å²) < 4.78 is 67.7. The van der Waals surface area contributed by atoms with Crippen LogP contribution in [0, 0.1) is 34.7 Å². The number of alkyl halides is 1. The summed E-state index contributed by atoms with van der Waals surface area (Å²) in [5, 5.41) is 21.3. The molecule has 2 aliphatic heterocycles. The molecular formula is C60H68F4N10O10. The van der Waals surface area contributed by atoms with Crippen molar-refractivity contribution in [2.45, 2.75) is 104 Å². The number of carbonyl (C=O) groups is 8. The quantitative estimate of drug-likeness (QED) is 0.0231. The lowest BCUT2D eigenvalue weighted by Gasteiger charge is -2.41. The molecule has 0 aliphatic carbocycles. The van der Waals surface area contributed by atoms with Crippen molar-refractivity contribution < 1.29 is 65.8 Å². The van der Waals surface area contributed by atoms with E-state index in [9.17, 15) is 52.2 Å². The van der Waals surface area contributed by atoms with Gasteiger partial charge in [-0.15, -0.1) is 0 Å². The highest BCUT2D eigenvalue weighted by Gasteiger charge is 2.45. The van der Waals surface area contributed by atoms with Gasteiger partial charge in [0.2, 0.25) is 17.7 Å². The normalized spacial score (nSPS) is 16.9. The van der Waals surface area contributed by atoms with Crippen molar-refractivity contribution in [3.63, 3.8) is 0 Å². The van der Waals surface area contributed by atoms with Crippen LogP contribution in [0.1, 0.15) is 89.0 Å². The van der Waals surface area contributed by atoms with Crippen LogP contribution in [-0.2, 0) is 46.7 Å². The Kier molecular flexibility index (Phi) is 20.5. The number of nitrogens with one attached hydrogen (secondary N) is 4. The lowest BCUT2D eigenvalue weighted by Crippen LogP contribution is -2.56. The smallest absolute Gasteiger partial charge is 0.410 e. The van der Waals surface area contributed by atoms with Crippen molar-refractivity contribution in [1.29, 1.82) is 0 Å². The minimum Gasteiger partial charge on any atom is -0.445 e. The van der Waals surface area contributed by atoms with E-state index in [4.69, 9.17) is 15.5 Å². The average molecular weight is 1170 g/mol. The highest BCUT2D eigenvalue weighted by molar-refractivity contribution is 6.15. The zero-order valence-electron chi connectivity index (χ0n) is 47.2. The van der Waals surface area contributed by atoms with Crippen molar-refractivity contribution >= 4 is 53.3 Å². The van der Waals surface area contributed by atoms with Gasteiger partial charge in [-0.25, -0.2) is 32.1 Å². The number of nitrogens with two attached hydrogens (primary N) is 1. The molecule has 1 saturated heterocycles. The van der Waals surface area contributed by atoms with Crippen LogP contribution in [0.5, 0.6) is 0 Å². The molecule has 0 saturated carbocycles. The molecule has 84 heavy (non-hydrogen) atoms. The number of likely N-dealkylation sites (tertiary alicyclic amines) is 1.